The van der Waals surface area contributed by atoms with Crippen molar-refractivity contribution in [1.29, 1.82) is 0 Å². The molecular weight excluding hydrogens is 222 g/mol. The Morgan fingerprint density at radius 2 is 2.06 bits per heavy atom. The first-order valence-electron chi connectivity index (χ1n) is 6.78. The Bertz CT molecular complexity index is 457. The molecule has 18 heavy (non-hydrogen) atoms. The van der Waals surface area contributed by atoms with Crippen molar-refractivity contribution in [2.45, 2.75) is 58.4 Å². The maximum atomic E-state index is 11.3. The van der Waals surface area contributed by atoms with Gasteiger partial charge in [-0.15, -0.1) is 0 Å². The van der Waals surface area contributed by atoms with Crippen LogP contribution >= 0.6 is 0 Å². The maximum Gasteiger partial charge on any atom is 0.217 e. The molecule has 2 rings (SSSR count). The van der Waals surface area contributed by atoms with Crippen LogP contribution in [0.2, 0.25) is 0 Å². The van der Waals surface area contributed by atoms with Crippen LogP contribution in [0.15, 0.2) is 18.2 Å². The molecular formula is C16H23NO. The second-order valence-electron chi connectivity index (χ2n) is 6.31. The van der Waals surface area contributed by atoms with E-state index in [1.807, 2.05) is 0 Å². The molecule has 0 aromatic heterocycles. The number of amides is 1. The molecule has 0 radical (unpaired) electrons. The van der Waals surface area contributed by atoms with Gasteiger partial charge >= 0.3 is 0 Å². The molecule has 2 nitrogen and oxygen atoms in total. The Morgan fingerprint density at radius 3 is 2.67 bits per heavy atom. The first-order valence-corrected chi connectivity index (χ1v) is 6.78. The maximum absolute atomic E-state index is 11.3. The van der Waals surface area contributed by atoms with Crippen LogP contribution in [0.5, 0.6) is 0 Å². The van der Waals surface area contributed by atoms with Crippen molar-refractivity contribution in [1.82, 2.24) is 5.32 Å². The normalized spacial score (nSPS) is 19.2. The molecule has 1 aliphatic rings. The van der Waals surface area contributed by atoms with Crippen LogP contribution in [0.1, 0.15) is 63.3 Å². The van der Waals surface area contributed by atoms with Gasteiger partial charge in [-0.1, -0.05) is 39.0 Å². The molecule has 1 amide bonds. The average Bonchev–Trinajstić information content (AvgIpc) is 2.27. The van der Waals surface area contributed by atoms with Gasteiger partial charge in [-0.05, 0) is 41.4 Å². The largest absolute Gasteiger partial charge is 0.350 e. The Hall–Kier alpha value is -1.31. The summed E-state index contributed by atoms with van der Waals surface area (Å²) in [6, 6.07) is 6.96. The van der Waals surface area contributed by atoms with E-state index >= 15 is 0 Å². The van der Waals surface area contributed by atoms with Gasteiger partial charge in [0.25, 0.3) is 0 Å². The number of benzene rings is 1. The number of fused-ring (bicyclic) bond motifs is 1. The van der Waals surface area contributed by atoms with Gasteiger partial charge < -0.3 is 5.32 Å². The number of hydrogen-bond acceptors (Lipinski definition) is 1. The van der Waals surface area contributed by atoms with Crippen LogP contribution in [-0.4, -0.2) is 5.91 Å². The third-order valence-corrected chi connectivity index (χ3v) is 3.70. The predicted molar refractivity (Wildman–Crippen MR) is 74.6 cm³/mol. The summed E-state index contributed by atoms with van der Waals surface area (Å²) in [6.45, 7) is 8.28. The number of hydrogen-bond donors (Lipinski definition) is 1. The lowest BCUT2D eigenvalue weighted by atomic mass is 9.80. The smallest absolute Gasteiger partial charge is 0.217 e. The highest BCUT2D eigenvalue weighted by Gasteiger charge is 2.23. The van der Waals surface area contributed by atoms with E-state index in [0.29, 0.717) is 0 Å². The van der Waals surface area contributed by atoms with E-state index in [1.54, 1.807) is 6.92 Å². The molecule has 1 aromatic rings. The summed E-state index contributed by atoms with van der Waals surface area (Å²) in [7, 11) is 0. The van der Waals surface area contributed by atoms with Crippen molar-refractivity contribution in [3.05, 3.63) is 34.9 Å². The molecule has 1 aliphatic carbocycles. The summed E-state index contributed by atoms with van der Waals surface area (Å²) in [5.41, 5.74) is 4.23. The zero-order valence-corrected chi connectivity index (χ0v) is 11.8. The predicted octanol–water partition coefficient (Wildman–Crippen LogP) is 3.50. The van der Waals surface area contributed by atoms with Gasteiger partial charge in [0.2, 0.25) is 5.91 Å². The van der Waals surface area contributed by atoms with Crippen molar-refractivity contribution in [2.75, 3.05) is 0 Å². The summed E-state index contributed by atoms with van der Waals surface area (Å²) >= 11 is 0. The number of carbonyl (C=O) groups excluding carboxylic acids is 1. The van der Waals surface area contributed by atoms with Gasteiger partial charge in [-0.2, -0.15) is 0 Å². The lowest BCUT2D eigenvalue weighted by Gasteiger charge is -2.29. The Morgan fingerprint density at radius 1 is 1.33 bits per heavy atom. The quantitative estimate of drug-likeness (QED) is 0.806. The molecule has 98 valence electrons. The van der Waals surface area contributed by atoms with Gasteiger partial charge in [0.1, 0.15) is 0 Å². The fraction of sp³-hybridized carbons (Fsp3) is 0.562. The average molecular weight is 245 g/mol. The van der Waals surface area contributed by atoms with Gasteiger partial charge in [-0.25, -0.2) is 0 Å². The topological polar surface area (TPSA) is 29.1 Å². The Labute approximate surface area is 110 Å². The molecule has 0 aliphatic heterocycles. The van der Waals surface area contributed by atoms with Gasteiger partial charge in [0.05, 0.1) is 6.04 Å². The number of nitrogens with one attached hydrogen (secondary N) is 1. The van der Waals surface area contributed by atoms with E-state index < -0.39 is 0 Å². The fourth-order valence-electron chi connectivity index (χ4n) is 2.66. The van der Waals surface area contributed by atoms with Crippen molar-refractivity contribution >= 4 is 5.91 Å². The number of carbonyl (C=O) groups is 1. The molecule has 1 aromatic carbocycles. The van der Waals surface area contributed by atoms with E-state index in [2.05, 4.69) is 44.3 Å². The minimum Gasteiger partial charge on any atom is -0.350 e. The molecule has 1 atom stereocenters. The summed E-state index contributed by atoms with van der Waals surface area (Å²) in [5.74, 6) is 0.0639. The Balaban J connectivity index is 2.38. The van der Waals surface area contributed by atoms with Gasteiger partial charge in [0, 0.05) is 6.92 Å². The van der Waals surface area contributed by atoms with Crippen LogP contribution in [0, 0.1) is 0 Å². The third-order valence-electron chi connectivity index (χ3n) is 3.70. The monoisotopic (exact) mass is 245 g/mol. The zero-order valence-electron chi connectivity index (χ0n) is 11.8. The van der Waals surface area contributed by atoms with E-state index in [-0.39, 0.29) is 17.4 Å². The lowest BCUT2D eigenvalue weighted by molar-refractivity contribution is -0.119. The molecule has 1 N–H and O–H groups in total. The summed E-state index contributed by atoms with van der Waals surface area (Å²) in [4.78, 5) is 11.3. The molecule has 0 saturated heterocycles. The van der Waals surface area contributed by atoms with Gasteiger partial charge in [0.15, 0.2) is 0 Å². The Kier molecular flexibility index (Phi) is 3.47. The molecule has 0 fully saturated rings. The molecule has 0 saturated carbocycles. The lowest BCUT2D eigenvalue weighted by Crippen LogP contribution is -2.29. The third kappa shape index (κ3) is 2.74. The minimum atomic E-state index is 0.0639. The SMILES string of the molecule is CC(=O)NC1CCCc2ccc(C(C)(C)C)cc21. The van der Waals surface area contributed by atoms with Crippen LogP contribution in [0.3, 0.4) is 0 Å². The van der Waals surface area contributed by atoms with E-state index in [9.17, 15) is 4.79 Å². The summed E-state index contributed by atoms with van der Waals surface area (Å²) in [6.07, 6.45) is 3.35. The van der Waals surface area contributed by atoms with Crippen LogP contribution in [-0.2, 0) is 16.6 Å². The highest BCUT2D eigenvalue weighted by atomic mass is 16.1. The van der Waals surface area contributed by atoms with Crippen molar-refractivity contribution in [3.63, 3.8) is 0 Å². The molecule has 2 heteroatoms. The first-order chi connectivity index (χ1) is 8.38. The zero-order chi connectivity index (χ0) is 13.3. The van der Waals surface area contributed by atoms with E-state index in [4.69, 9.17) is 0 Å². The first kappa shape index (κ1) is 13.1. The fourth-order valence-corrected chi connectivity index (χ4v) is 2.66. The van der Waals surface area contributed by atoms with Crippen LogP contribution in [0.4, 0.5) is 0 Å². The number of rotatable bonds is 1. The van der Waals surface area contributed by atoms with E-state index in [1.165, 1.54) is 16.7 Å². The summed E-state index contributed by atoms with van der Waals surface area (Å²) < 4.78 is 0. The van der Waals surface area contributed by atoms with Gasteiger partial charge in [-0.3, -0.25) is 4.79 Å². The molecule has 1 unspecified atom stereocenters. The highest BCUT2D eigenvalue weighted by Crippen LogP contribution is 2.33. The summed E-state index contributed by atoms with van der Waals surface area (Å²) in [5, 5.41) is 3.08. The van der Waals surface area contributed by atoms with E-state index in [0.717, 1.165) is 19.3 Å². The number of aryl methyl sites for hydroxylation is 1. The molecule has 0 heterocycles. The van der Waals surface area contributed by atoms with Crippen molar-refractivity contribution in [2.24, 2.45) is 0 Å². The van der Waals surface area contributed by atoms with Crippen LogP contribution in [0.25, 0.3) is 0 Å². The molecule has 0 bridgehead atoms. The molecule has 0 spiro atoms. The van der Waals surface area contributed by atoms with Crippen LogP contribution < -0.4 is 5.32 Å². The van der Waals surface area contributed by atoms with Crippen molar-refractivity contribution < 1.29 is 4.79 Å². The van der Waals surface area contributed by atoms with Crippen molar-refractivity contribution in [3.8, 4) is 0 Å². The minimum absolute atomic E-state index is 0.0639. The standard InChI is InChI=1S/C16H23NO/c1-11(18)17-15-7-5-6-12-8-9-13(10-14(12)15)16(2,3)4/h8-10,15H,5-7H2,1-4H3,(H,17,18). The second kappa shape index (κ2) is 4.75. The highest BCUT2D eigenvalue weighted by molar-refractivity contribution is 5.73. The second-order valence-corrected chi connectivity index (χ2v) is 6.31.